The first-order chi connectivity index (χ1) is 13.2. The molecule has 0 amide bonds. The van der Waals surface area contributed by atoms with Gasteiger partial charge in [-0.3, -0.25) is 0 Å². The van der Waals surface area contributed by atoms with Crippen LogP contribution in [0.3, 0.4) is 0 Å². The summed E-state index contributed by atoms with van der Waals surface area (Å²) in [5, 5.41) is 0.872. The molecule has 0 unspecified atom stereocenters. The van der Waals surface area contributed by atoms with Gasteiger partial charge < -0.3 is 13.9 Å². The summed E-state index contributed by atoms with van der Waals surface area (Å²) in [6.45, 7) is 0.453. The minimum absolute atomic E-state index is 0.382. The quantitative estimate of drug-likeness (QED) is 0.469. The molecule has 0 fully saturated rings. The van der Waals surface area contributed by atoms with Gasteiger partial charge in [-0.05, 0) is 34.9 Å². The molecule has 4 rings (SSSR count). The van der Waals surface area contributed by atoms with E-state index >= 15 is 0 Å². The van der Waals surface area contributed by atoms with Crippen LogP contribution in [0.2, 0.25) is 0 Å². The molecule has 1 aromatic heterocycles. The Morgan fingerprint density at radius 2 is 1.63 bits per heavy atom. The molecule has 0 saturated carbocycles. The van der Waals surface area contributed by atoms with Crippen LogP contribution in [0.1, 0.15) is 5.56 Å². The molecular formula is C23H18O4. The molecule has 3 aromatic carbocycles. The van der Waals surface area contributed by atoms with Gasteiger partial charge in [0.25, 0.3) is 0 Å². The molecule has 134 valence electrons. The van der Waals surface area contributed by atoms with Gasteiger partial charge in [0, 0.05) is 11.5 Å². The zero-order valence-corrected chi connectivity index (χ0v) is 14.8. The average Bonchev–Trinajstić information content (AvgIpc) is 2.72. The standard InChI is InChI=1S/C23H18O4/c1-25-22-13-17(11-12-21(22)26-15-16-7-3-2-4-8-16)19-14-23(24)27-20-10-6-5-9-18(19)20/h2-14H,15H2,1H3. The summed E-state index contributed by atoms with van der Waals surface area (Å²) in [7, 11) is 1.60. The van der Waals surface area contributed by atoms with E-state index in [9.17, 15) is 4.79 Å². The number of ether oxygens (including phenoxy) is 2. The Hall–Kier alpha value is -3.53. The first-order valence-corrected chi connectivity index (χ1v) is 8.62. The van der Waals surface area contributed by atoms with Gasteiger partial charge in [-0.1, -0.05) is 54.6 Å². The summed E-state index contributed by atoms with van der Waals surface area (Å²) in [6, 6.07) is 24.6. The van der Waals surface area contributed by atoms with Crippen molar-refractivity contribution in [3.63, 3.8) is 0 Å². The van der Waals surface area contributed by atoms with Crippen LogP contribution in [0, 0.1) is 0 Å². The molecule has 0 aliphatic carbocycles. The van der Waals surface area contributed by atoms with Crippen LogP contribution in [-0.4, -0.2) is 7.11 Å². The van der Waals surface area contributed by atoms with Crippen molar-refractivity contribution >= 4 is 11.0 Å². The molecule has 1 heterocycles. The topological polar surface area (TPSA) is 48.7 Å². The first-order valence-electron chi connectivity index (χ1n) is 8.62. The van der Waals surface area contributed by atoms with Crippen molar-refractivity contribution < 1.29 is 13.9 Å². The van der Waals surface area contributed by atoms with Crippen LogP contribution in [0.4, 0.5) is 0 Å². The molecule has 0 aliphatic rings. The normalized spacial score (nSPS) is 10.7. The van der Waals surface area contributed by atoms with Crippen molar-refractivity contribution in [2.24, 2.45) is 0 Å². The lowest BCUT2D eigenvalue weighted by atomic mass is 10.0. The number of methoxy groups -OCH3 is 1. The molecule has 0 spiro atoms. The van der Waals surface area contributed by atoms with Crippen molar-refractivity contribution in [1.82, 2.24) is 0 Å². The predicted octanol–water partition coefficient (Wildman–Crippen LogP) is 5.05. The molecular weight excluding hydrogens is 340 g/mol. The van der Waals surface area contributed by atoms with E-state index in [1.54, 1.807) is 13.2 Å². The number of rotatable bonds is 5. The van der Waals surface area contributed by atoms with Crippen molar-refractivity contribution in [3.05, 3.63) is 94.8 Å². The van der Waals surface area contributed by atoms with Crippen LogP contribution >= 0.6 is 0 Å². The first kappa shape index (κ1) is 16.9. The summed E-state index contributed by atoms with van der Waals surface area (Å²) < 4.78 is 16.7. The Labute approximate surface area is 156 Å². The van der Waals surface area contributed by atoms with Crippen LogP contribution < -0.4 is 15.1 Å². The van der Waals surface area contributed by atoms with Crippen molar-refractivity contribution in [2.45, 2.75) is 6.61 Å². The van der Waals surface area contributed by atoms with Crippen LogP contribution in [0.15, 0.2) is 88.1 Å². The maximum Gasteiger partial charge on any atom is 0.336 e. The van der Waals surface area contributed by atoms with Crippen molar-refractivity contribution in [1.29, 1.82) is 0 Å². The van der Waals surface area contributed by atoms with Crippen LogP contribution in [0.25, 0.3) is 22.1 Å². The third-order valence-corrected chi connectivity index (χ3v) is 4.36. The highest BCUT2D eigenvalue weighted by atomic mass is 16.5. The largest absolute Gasteiger partial charge is 0.493 e. The summed E-state index contributed by atoms with van der Waals surface area (Å²) in [6.07, 6.45) is 0. The fourth-order valence-electron chi connectivity index (χ4n) is 3.04. The summed E-state index contributed by atoms with van der Waals surface area (Å²) in [5.74, 6) is 1.26. The lowest BCUT2D eigenvalue weighted by Gasteiger charge is -2.13. The lowest BCUT2D eigenvalue weighted by molar-refractivity contribution is 0.284. The zero-order valence-electron chi connectivity index (χ0n) is 14.8. The highest BCUT2D eigenvalue weighted by molar-refractivity contribution is 5.93. The third-order valence-electron chi connectivity index (χ3n) is 4.36. The number of hydrogen-bond acceptors (Lipinski definition) is 4. The molecule has 0 saturated heterocycles. The summed E-state index contributed by atoms with van der Waals surface area (Å²) in [5.41, 5.74) is 2.92. The van der Waals surface area contributed by atoms with E-state index in [1.807, 2.05) is 66.7 Å². The smallest absolute Gasteiger partial charge is 0.336 e. The second-order valence-electron chi connectivity index (χ2n) is 6.12. The predicted molar refractivity (Wildman–Crippen MR) is 105 cm³/mol. The lowest BCUT2D eigenvalue weighted by Crippen LogP contribution is -2.00. The Kier molecular flexibility index (Phi) is 4.62. The Balaban J connectivity index is 1.70. The number of benzene rings is 3. The van der Waals surface area contributed by atoms with Gasteiger partial charge in [0.1, 0.15) is 12.2 Å². The van der Waals surface area contributed by atoms with E-state index in [2.05, 4.69) is 0 Å². The molecule has 0 N–H and O–H groups in total. The number of fused-ring (bicyclic) bond motifs is 1. The highest BCUT2D eigenvalue weighted by Gasteiger charge is 2.11. The summed E-state index contributed by atoms with van der Waals surface area (Å²) in [4.78, 5) is 11.9. The van der Waals surface area contributed by atoms with Crippen molar-refractivity contribution in [2.75, 3.05) is 7.11 Å². The molecule has 0 atom stereocenters. The maximum atomic E-state index is 11.9. The molecule has 0 radical (unpaired) electrons. The fraction of sp³-hybridized carbons (Fsp3) is 0.0870. The second kappa shape index (κ2) is 7.38. The Bertz CT molecular complexity index is 1130. The molecule has 0 bridgehead atoms. The minimum Gasteiger partial charge on any atom is -0.493 e. The molecule has 4 aromatic rings. The van der Waals surface area contributed by atoms with E-state index in [1.165, 1.54) is 6.07 Å². The molecule has 4 heteroatoms. The Morgan fingerprint density at radius 1 is 0.852 bits per heavy atom. The molecule has 0 aliphatic heterocycles. The Morgan fingerprint density at radius 3 is 2.44 bits per heavy atom. The van der Waals surface area contributed by atoms with E-state index in [0.717, 1.165) is 22.1 Å². The van der Waals surface area contributed by atoms with E-state index in [4.69, 9.17) is 13.9 Å². The molecule has 27 heavy (non-hydrogen) atoms. The van der Waals surface area contributed by atoms with Gasteiger partial charge in [0.05, 0.1) is 7.11 Å². The SMILES string of the molecule is COc1cc(-c2cc(=O)oc3ccccc23)ccc1OCc1ccccc1. The zero-order chi connectivity index (χ0) is 18.6. The second-order valence-corrected chi connectivity index (χ2v) is 6.12. The number of para-hydroxylation sites is 1. The maximum absolute atomic E-state index is 11.9. The van der Waals surface area contributed by atoms with Gasteiger partial charge in [-0.25, -0.2) is 4.79 Å². The van der Waals surface area contributed by atoms with Crippen molar-refractivity contribution in [3.8, 4) is 22.6 Å². The molecule has 4 nitrogen and oxygen atoms in total. The van der Waals surface area contributed by atoms with E-state index < -0.39 is 0 Å². The van der Waals surface area contributed by atoms with Gasteiger partial charge in [-0.2, -0.15) is 0 Å². The minimum atomic E-state index is -0.382. The monoisotopic (exact) mass is 358 g/mol. The van der Waals surface area contributed by atoms with E-state index in [0.29, 0.717) is 23.7 Å². The average molecular weight is 358 g/mol. The van der Waals surface area contributed by atoms with Crippen LogP contribution in [-0.2, 0) is 6.61 Å². The third kappa shape index (κ3) is 3.55. The van der Waals surface area contributed by atoms with Crippen LogP contribution in [0.5, 0.6) is 11.5 Å². The van der Waals surface area contributed by atoms with Gasteiger partial charge >= 0.3 is 5.63 Å². The van der Waals surface area contributed by atoms with Gasteiger partial charge in [-0.15, -0.1) is 0 Å². The van der Waals surface area contributed by atoms with Gasteiger partial charge in [0.2, 0.25) is 0 Å². The van der Waals surface area contributed by atoms with Gasteiger partial charge in [0.15, 0.2) is 11.5 Å². The van der Waals surface area contributed by atoms with E-state index in [-0.39, 0.29) is 5.63 Å². The number of hydrogen-bond donors (Lipinski definition) is 0. The fourth-order valence-corrected chi connectivity index (χ4v) is 3.04. The summed E-state index contributed by atoms with van der Waals surface area (Å²) >= 11 is 0. The highest BCUT2D eigenvalue weighted by Crippen LogP contribution is 2.35.